The summed E-state index contributed by atoms with van der Waals surface area (Å²) in [4.78, 5) is 23.4. The summed E-state index contributed by atoms with van der Waals surface area (Å²) < 4.78 is 21.1. The third-order valence-corrected chi connectivity index (χ3v) is 5.19. The van der Waals surface area contributed by atoms with Gasteiger partial charge in [0.05, 0.1) is 18.7 Å². The minimum absolute atomic E-state index is 0.0243. The zero-order valence-electron chi connectivity index (χ0n) is 16.1. The van der Waals surface area contributed by atoms with Gasteiger partial charge in [-0.05, 0) is 18.2 Å². The first-order chi connectivity index (χ1) is 14.7. The fourth-order valence-corrected chi connectivity index (χ4v) is 3.58. The second-order valence-electron chi connectivity index (χ2n) is 7.03. The Labute approximate surface area is 172 Å². The van der Waals surface area contributed by atoms with Crippen LogP contribution in [0.1, 0.15) is 10.4 Å². The third kappa shape index (κ3) is 3.33. The Kier molecular flexibility index (Phi) is 4.72. The molecule has 1 saturated heterocycles. The Hall–Kier alpha value is -3.58. The first kappa shape index (κ1) is 18.4. The van der Waals surface area contributed by atoms with Gasteiger partial charge in [0.2, 0.25) is 5.95 Å². The molecule has 1 aliphatic rings. The van der Waals surface area contributed by atoms with Gasteiger partial charge in [0, 0.05) is 59.8 Å². The summed E-state index contributed by atoms with van der Waals surface area (Å²) in [7, 11) is 0. The highest BCUT2D eigenvalue weighted by atomic mass is 19.1. The molecule has 3 heterocycles. The van der Waals surface area contributed by atoms with Gasteiger partial charge in [-0.15, -0.1) is 0 Å². The highest BCUT2D eigenvalue weighted by molar-refractivity contribution is 5.98. The summed E-state index contributed by atoms with van der Waals surface area (Å²) in [6.45, 7) is 2.29. The molecule has 5 rings (SSSR count). The average Bonchev–Trinajstić information content (AvgIpc) is 3.23. The van der Waals surface area contributed by atoms with Crippen LogP contribution >= 0.6 is 0 Å². The number of aromatic nitrogens is 3. The number of halogens is 1. The predicted molar refractivity (Wildman–Crippen MR) is 110 cm³/mol. The molecule has 0 saturated carbocycles. The molecular weight excluding hydrogens is 383 g/mol. The van der Waals surface area contributed by atoms with E-state index in [1.807, 2.05) is 18.2 Å². The van der Waals surface area contributed by atoms with Crippen molar-refractivity contribution < 1.29 is 13.9 Å². The maximum atomic E-state index is 14.0. The molecule has 0 unspecified atom stereocenters. The quantitative estimate of drug-likeness (QED) is 0.527. The third-order valence-electron chi connectivity index (χ3n) is 5.19. The van der Waals surface area contributed by atoms with E-state index in [9.17, 15) is 9.18 Å². The van der Waals surface area contributed by atoms with Gasteiger partial charge in [-0.25, -0.2) is 14.4 Å². The predicted octanol–water partition coefficient (Wildman–Crippen LogP) is 3.50. The number of amides is 1. The van der Waals surface area contributed by atoms with Crippen LogP contribution < -0.4 is 0 Å². The van der Waals surface area contributed by atoms with Gasteiger partial charge >= 0.3 is 0 Å². The number of ether oxygens (including phenoxy) is 1. The van der Waals surface area contributed by atoms with Crippen LogP contribution in [-0.4, -0.2) is 51.6 Å². The van der Waals surface area contributed by atoms with Crippen molar-refractivity contribution in [2.24, 2.45) is 0 Å². The smallest absolute Gasteiger partial charge is 0.254 e. The summed E-state index contributed by atoms with van der Waals surface area (Å²) in [5, 5.41) is 0.857. The lowest BCUT2D eigenvalue weighted by atomic mass is 10.1. The Morgan fingerprint density at radius 3 is 2.60 bits per heavy atom. The molecule has 1 radical (unpaired) electrons. The maximum Gasteiger partial charge on any atom is 0.254 e. The molecule has 0 spiro atoms. The van der Waals surface area contributed by atoms with Gasteiger partial charge in [-0.2, -0.15) is 0 Å². The molecular formula is C23H18FN4O2. The Morgan fingerprint density at radius 2 is 1.83 bits per heavy atom. The van der Waals surface area contributed by atoms with Gasteiger partial charge in [0.15, 0.2) is 0 Å². The molecule has 0 aliphatic carbocycles. The number of hydrogen-bond donors (Lipinski definition) is 0. The summed E-state index contributed by atoms with van der Waals surface area (Å²) >= 11 is 0. The summed E-state index contributed by atoms with van der Waals surface area (Å²) in [5.74, 6) is 0.0842. The SMILES string of the molecule is O=C(c1ccc2[c]cn(-c3ncc(-c4ccccc4F)cn3)c2c1)N1CCOCC1. The molecule has 0 atom stereocenters. The van der Waals surface area contributed by atoms with E-state index in [0.717, 1.165) is 10.9 Å². The van der Waals surface area contributed by atoms with E-state index in [-0.39, 0.29) is 11.7 Å². The molecule has 6 nitrogen and oxygen atoms in total. The zero-order valence-corrected chi connectivity index (χ0v) is 16.1. The Balaban J connectivity index is 1.48. The maximum absolute atomic E-state index is 14.0. The molecule has 149 valence electrons. The van der Waals surface area contributed by atoms with Crippen LogP contribution in [-0.2, 0) is 4.74 Å². The van der Waals surface area contributed by atoms with Gasteiger partial charge in [-0.1, -0.05) is 24.3 Å². The van der Waals surface area contributed by atoms with Crippen molar-refractivity contribution >= 4 is 16.8 Å². The average molecular weight is 401 g/mol. The van der Waals surface area contributed by atoms with E-state index in [4.69, 9.17) is 4.74 Å². The number of carbonyl (C=O) groups is 1. The monoisotopic (exact) mass is 401 g/mol. The minimum atomic E-state index is -0.320. The van der Waals surface area contributed by atoms with Crippen molar-refractivity contribution in [2.45, 2.75) is 0 Å². The van der Waals surface area contributed by atoms with E-state index in [1.54, 1.807) is 46.3 Å². The van der Waals surface area contributed by atoms with Gasteiger partial charge in [0.25, 0.3) is 5.91 Å². The Bertz CT molecular complexity index is 1210. The minimum Gasteiger partial charge on any atom is -0.378 e. The lowest BCUT2D eigenvalue weighted by Gasteiger charge is -2.26. The standard InChI is InChI=1S/C23H18FN4O2/c24-20-4-2-1-3-19(20)18-14-25-23(26-15-18)28-8-7-16-5-6-17(13-21(16)28)22(29)27-9-11-30-12-10-27/h1-6,8,13-15H,9-12H2. The van der Waals surface area contributed by atoms with Crippen LogP contribution in [0, 0.1) is 11.9 Å². The van der Waals surface area contributed by atoms with E-state index in [1.165, 1.54) is 6.07 Å². The van der Waals surface area contributed by atoms with Crippen LogP contribution in [0.5, 0.6) is 0 Å². The van der Waals surface area contributed by atoms with Gasteiger partial charge < -0.3 is 9.64 Å². The van der Waals surface area contributed by atoms with Crippen molar-refractivity contribution in [3.8, 4) is 17.1 Å². The Morgan fingerprint density at radius 1 is 1.07 bits per heavy atom. The molecule has 30 heavy (non-hydrogen) atoms. The number of morpholine rings is 1. The summed E-state index contributed by atoms with van der Waals surface area (Å²) in [6, 6.07) is 15.2. The van der Waals surface area contributed by atoms with Crippen LogP contribution in [0.3, 0.4) is 0 Å². The number of carbonyl (C=O) groups excluding carboxylic acids is 1. The topological polar surface area (TPSA) is 60.2 Å². The lowest BCUT2D eigenvalue weighted by molar-refractivity contribution is 0.0303. The molecule has 1 aliphatic heterocycles. The molecule has 2 aromatic carbocycles. The second kappa shape index (κ2) is 7.68. The van der Waals surface area contributed by atoms with Crippen LogP contribution in [0.4, 0.5) is 4.39 Å². The molecule has 2 aromatic heterocycles. The summed E-state index contributed by atoms with van der Waals surface area (Å²) in [6.07, 6.45) is 4.93. The van der Waals surface area contributed by atoms with Crippen molar-refractivity contribution in [1.29, 1.82) is 0 Å². The highest BCUT2D eigenvalue weighted by Gasteiger charge is 2.19. The molecule has 1 fully saturated rings. The lowest BCUT2D eigenvalue weighted by Crippen LogP contribution is -2.40. The number of nitrogens with zero attached hydrogens (tertiary/aromatic N) is 4. The van der Waals surface area contributed by atoms with E-state index in [2.05, 4.69) is 16.0 Å². The fraction of sp³-hybridized carbons (Fsp3) is 0.174. The normalized spacial score (nSPS) is 14.2. The number of fused-ring (bicyclic) bond motifs is 1. The van der Waals surface area contributed by atoms with E-state index >= 15 is 0 Å². The van der Waals surface area contributed by atoms with Gasteiger partial charge in [0.1, 0.15) is 5.82 Å². The second-order valence-corrected chi connectivity index (χ2v) is 7.03. The van der Waals surface area contributed by atoms with Crippen molar-refractivity contribution in [2.75, 3.05) is 26.3 Å². The van der Waals surface area contributed by atoms with E-state index < -0.39 is 0 Å². The number of benzene rings is 2. The molecule has 0 bridgehead atoms. The van der Waals surface area contributed by atoms with Crippen molar-refractivity contribution in [1.82, 2.24) is 19.4 Å². The van der Waals surface area contributed by atoms with Gasteiger partial charge in [-0.3, -0.25) is 9.36 Å². The molecule has 0 N–H and O–H groups in total. The van der Waals surface area contributed by atoms with Crippen molar-refractivity contribution in [3.63, 3.8) is 0 Å². The molecule has 4 aromatic rings. The molecule has 1 amide bonds. The van der Waals surface area contributed by atoms with E-state index in [0.29, 0.717) is 48.9 Å². The van der Waals surface area contributed by atoms with Crippen LogP contribution in [0.2, 0.25) is 0 Å². The van der Waals surface area contributed by atoms with Crippen molar-refractivity contribution in [3.05, 3.63) is 78.5 Å². The zero-order chi connectivity index (χ0) is 20.5. The number of rotatable bonds is 3. The van der Waals surface area contributed by atoms with Crippen LogP contribution in [0.15, 0.2) is 61.1 Å². The summed E-state index contributed by atoms with van der Waals surface area (Å²) in [5.41, 5.74) is 2.43. The largest absolute Gasteiger partial charge is 0.378 e. The van der Waals surface area contributed by atoms with Crippen LogP contribution in [0.25, 0.3) is 28.0 Å². The first-order valence-electron chi connectivity index (χ1n) is 9.68. The fourth-order valence-electron chi connectivity index (χ4n) is 3.58. The first-order valence-corrected chi connectivity index (χ1v) is 9.68. The molecule has 7 heteroatoms. The number of hydrogen-bond acceptors (Lipinski definition) is 4. The highest BCUT2D eigenvalue weighted by Crippen LogP contribution is 2.24.